The lowest BCUT2D eigenvalue weighted by Crippen LogP contribution is -2.34. The number of aliphatic carboxylic acids is 1. The van der Waals surface area contributed by atoms with Gasteiger partial charge in [0.05, 0.1) is 17.5 Å². The van der Waals surface area contributed by atoms with Crippen LogP contribution in [0.15, 0.2) is 36.4 Å². The number of rotatable bonds is 12. The quantitative estimate of drug-likeness (QED) is 0.313. The van der Waals surface area contributed by atoms with Gasteiger partial charge >= 0.3 is 5.97 Å². The number of imide groups is 1. The fourth-order valence-corrected chi connectivity index (χ4v) is 5.89. The molecule has 0 spiro atoms. The van der Waals surface area contributed by atoms with Crippen molar-refractivity contribution in [1.82, 2.24) is 9.80 Å². The maximum Gasteiger partial charge on any atom is 0.306 e. The third kappa shape index (κ3) is 7.40. The Labute approximate surface area is 240 Å². The Kier molecular flexibility index (Phi) is 10.2. The zero-order valence-electron chi connectivity index (χ0n) is 23.2. The fourth-order valence-electron chi connectivity index (χ4n) is 5.77. The summed E-state index contributed by atoms with van der Waals surface area (Å²) in [5, 5.41) is 9.49. The third-order valence-electron chi connectivity index (χ3n) is 8.28. The number of hydrogen-bond acceptors (Lipinski definition) is 5. The summed E-state index contributed by atoms with van der Waals surface area (Å²) in [5.41, 5.74) is 2.96. The van der Waals surface area contributed by atoms with E-state index in [1.165, 1.54) is 11.0 Å². The number of benzene rings is 2. The van der Waals surface area contributed by atoms with E-state index in [2.05, 4.69) is 24.8 Å². The molecular formula is C31H38ClFN2O5. The molecule has 2 aromatic rings. The highest BCUT2D eigenvalue weighted by Crippen LogP contribution is 2.33. The van der Waals surface area contributed by atoms with E-state index in [1.807, 2.05) is 18.2 Å². The summed E-state index contributed by atoms with van der Waals surface area (Å²) in [4.78, 5) is 38.8. The van der Waals surface area contributed by atoms with Gasteiger partial charge in [0, 0.05) is 32.0 Å². The Balaban J connectivity index is 1.47. The number of carboxylic acids is 1. The Bertz CT molecular complexity index is 1210. The van der Waals surface area contributed by atoms with Gasteiger partial charge in [-0.2, -0.15) is 0 Å². The molecule has 2 fully saturated rings. The highest BCUT2D eigenvalue weighted by molar-refractivity contribution is 6.30. The summed E-state index contributed by atoms with van der Waals surface area (Å²) >= 11 is 5.94. The van der Waals surface area contributed by atoms with Crippen LogP contribution in [-0.2, 0) is 27.3 Å². The number of carboxylic acid groups (broad SMARTS) is 1. The molecular weight excluding hydrogens is 535 g/mol. The number of halogens is 2. The van der Waals surface area contributed by atoms with Crippen LogP contribution in [0.5, 0.6) is 5.75 Å². The highest BCUT2D eigenvalue weighted by Gasteiger charge is 2.30. The predicted octanol–water partition coefficient (Wildman–Crippen LogP) is 6.02. The summed E-state index contributed by atoms with van der Waals surface area (Å²) in [5.74, 6) is -0.629. The maximum atomic E-state index is 14.3. The van der Waals surface area contributed by atoms with Gasteiger partial charge in [0.25, 0.3) is 0 Å². The van der Waals surface area contributed by atoms with Crippen LogP contribution in [0.1, 0.15) is 75.1 Å². The van der Waals surface area contributed by atoms with Crippen molar-refractivity contribution in [3.05, 3.63) is 63.9 Å². The van der Waals surface area contributed by atoms with Crippen molar-refractivity contribution in [3.8, 4) is 5.75 Å². The number of hydrogen-bond donors (Lipinski definition) is 1. The average molecular weight is 573 g/mol. The van der Waals surface area contributed by atoms with E-state index >= 15 is 0 Å². The van der Waals surface area contributed by atoms with E-state index in [0.717, 1.165) is 48.2 Å². The molecule has 1 saturated heterocycles. The van der Waals surface area contributed by atoms with Gasteiger partial charge in [-0.25, -0.2) is 4.39 Å². The molecule has 0 unspecified atom stereocenters. The lowest BCUT2D eigenvalue weighted by atomic mass is 9.81. The molecule has 1 aliphatic carbocycles. The number of carbonyl (C=O) groups excluding carboxylic acids is 2. The van der Waals surface area contributed by atoms with Gasteiger partial charge in [-0.05, 0) is 79.8 Å². The van der Waals surface area contributed by atoms with E-state index in [-0.39, 0.29) is 54.8 Å². The van der Waals surface area contributed by atoms with E-state index in [9.17, 15) is 23.9 Å². The van der Waals surface area contributed by atoms with Gasteiger partial charge in [-0.15, -0.1) is 0 Å². The van der Waals surface area contributed by atoms with Gasteiger partial charge in [0.2, 0.25) is 11.8 Å². The molecule has 0 radical (unpaired) electrons. The Morgan fingerprint density at radius 2 is 1.82 bits per heavy atom. The van der Waals surface area contributed by atoms with Crippen molar-refractivity contribution < 1.29 is 28.6 Å². The number of nitrogens with zero attached hydrogens (tertiary/aromatic N) is 2. The second kappa shape index (κ2) is 13.6. The van der Waals surface area contributed by atoms with Gasteiger partial charge in [0.1, 0.15) is 18.2 Å². The van der Waals surface area contributed by atoms with Crippen molar-refractivity contribution in [3.63, 3.8) is 0 Å². The minimum absolute atomic E-state index is 0.0829. The van der Waals surface area contributed by atoms with Crippen LogP contribution in [0.3, 0.4) is 0 Å². The second-order valence-electron chi connectivity index (χ2n) is 10.9. The Morgan fingerprint density at radius 1 is 1.12 bits per heavy atom. The van der Waals surface area contributed by atoms with Crippen LogP contribution >= 0.6 is 11.6 Å². The number of carbonyl (C=O) groups is 3. The minimum Gasteiger partial charge on any atom is -0.491 e. The number of amides is 2. The smallest absolute Gasteiger partial charge is 0.306 e. The van der Waals surface area contributed by atoms with Crippen molar-refractivity contribution >= 4 is 29.4 Å². The molecule has 2 aromatic carbocycles. The normalized spacial score (nSPS) is 20.3. The maximum absolute atomic E-state index is 14.3. The predicted molar refractivity (Wildman–Crippen MR) is 151 cm³/mol. The van der Waals surface area contributed by atoms with E-state index in [0.29, 0.717) is 25.3 Å². The molecule has 1 saturated carbocycles. The van der Waals surface area contributed by atoms with Crippen LogP contribution < -0.4 is 4.74 Å². The van der Waals surface area contributed by atoms with Crippen molar-refractivity contribution in [2.45, 2.75) is 71.4 Å². The van der Waals surface area contributed by atoms with Crippen LogP contribution in [0, 0.1) is 17.7 Å². The van der Waals surface area contributed by atoms with Crippen LogP contribution in [0.2, 0.25) is 5.02 Å². The average Bonchev–Trinajstić information content (AvgIpc) is 3.27. The minimum atomic E-state index is -0.714. The standard InChI is InChI=1S/C31H38ClFN2O5/c1-3-23-16-22(6-11-28(23)40-15-14-35-29(36)12-13-30(35)37)19-34(18-21-4-7-24(8-5-21)31(38)39)20(2)25-9-10-26(32)27(33)17-25/h6,9-11,16-17,20-21,24H,3-5,7-8,12-15,18-19H2,1-2H3,(H,38,39)/t20-,21?,24?/m0/s1. The molecule has 7 nitrogen and oxygen atoms in total. The summed E-state index contributed by atoms with van der Waals surface area (Å²) < 4.78 is 20.3. The molecule has 40 heavy (non-hydrogen) atoms. The van der Waals surface area contributed by atoms with E-state index in [1.54, 1.807) is 6.07 Å². The fraction of sp³-hybridized carbons (Fsp3) is 0.516. The zero-order valence-corrected chi connectivity index (χ0v) is 24.0. The van der Waals surface area contributed by atoms with E-state index < -0.39 is 11.8 Å². The van der Waals surface area contributed by atoms with Gasteiger partial charge in [0.15, 0.2) is 0 Å². The van der Waals surface area contributed by atoms with Crippen LogP contribution in [0.4, 0.5) is 4.39 Å². The number of aryl methyl sites for hydroxylation is 1. The Morgan fingerprint density at radius 3 is 2.45 bits per heavy atom. The van der Waals surface area contributed by atoms with Crippen LogP contribution in [0.25, 0.3) is 0 Å². The molecule has 9 heteroatoms. The monoisotopic (exact) mass is 572 g/mol. The van der Waals surface area contributed by atoms with Gasteiger partial charge in [-0.3, -0.25) is 24.2 Å². The lowest BCUT2D eigenvalue weighted by molar-refractivity contribution is -0.143. The summed E-state index contributed by atoms with van der Waals surface area (Å²) in [7, 11) is 0. The van der Waals surface area contributed by atoms with Crippen LogP contribution in [-0.4, -0.2) is 52.4 Å². The molecule has 0 aromatic heterocycles. The molecule has 0 bridgehead atoms. The topological polar surface area (TPSA) is 87.2 Å². The molecule has 1 N–H and O–H groups in total. The third-order valence-corrected chi connectivity index (χ3v) is 8.59. The van der Waals surface area contributed by atoms with Crippen molar-refractivity contribution in [1.29, 1.82) is 0 Å². The number of ether oxygens (including phenoxy) is 1. The molecule has 1 heterocycles. The summed E-state index contributed by atoms with van der Waals surface area (Å²) in [6.45, 7) is 6.01. The van der Waals surface area contributed by atoms with Gasteiger partial charge in [-0.1, -0.05) is 36.7 Å². The van der Waals surface area contributed by atoms with Crippen molar-refractivity contribution in [2.24, 2.45) is 11.8 Å². The summed E-state index contributed by atoms with van der Waals surface area (Å²) in [6, 6.07) is 10.9. The molecule has 4 rings (SSSR count). The second-order valence-corrected chi connectivity index (χ2v) is 11.3. The Hall–Kier alpha value is -2.97. The van der Waals surface area contributed by atoms with Crippen molar-refractivity contribution in [2.75, 3.05) is 19.7 Å². The first-order valence-corrected chi connectivity index (χ1v) is 14.5. The number of likely N-dealkylation sites (tertiary alicyclic amines) is 1. The first kappa shape index (κ1) is 30.0. The zero-order chi connectivity index (χ0) is 28.8. The summed E-state index contributed by atoms with van der Waals surface area (Å²) in [6.07, 6.45) is 4.35. The SMILES string of the molecule is CCc1cc(CN(CC2CCC(C(=O)O)CC2)[C@@H](C)c2ccc(Cl)c(F)c2)ccc1OCCN1C(=O)CCC1=O. The van der Waals surface area contributed by atoms with Gasteiger partial charge < -0.3 is 9.84 Å². The molecule has 216 valence electrons. The molecule has 1 atom stereocenters. The first-order valence-electron chi connectivity index (χ1n) is 14.2. The highest BCUT2D eigenvalue weighted by atomic mass is 35.5. The van der Waals surface area contributed by atoms with E-state index in [4.69, 9.17) is 16.3 Å². The molecule has 1 aliphatic heterocycles. The largest absolute Gasteiger partial charge is 0.491 e. The molecule has 2 aliphatic rings. The first-order chi connectivity index (χ1) is 19.2. The lowest BCUT2D eigenvalue weighted by Gasteiger charge is -2.35. The molecule has 2 amide bonds.